The topological polar surface area (TPSA) is 61.8 Å². The van der Waals surface area contributed by atoms with Gasteiger partial charge in [0.1, 0.15) is 11.5 Å². The Morgan fingerprint density at radius 2 is 1.43 bits per heavy atom. The van der Waals surface area contributed by atoms with Crippen LogP contribution in [-0.2, 0) is 13.9 Å². The van der Waals surface area contributed by atoms with Crippen LogP contribution in [0, 0.1) is 0 Å². The van der Waals surface area contributed by atoms with Crippen LogP contribution in [0.4, 0.5) is 0 Å². The van der Waals surface area contributed by atoms with E-state index in [2.05, 4.69) is 6.58 Å². The van der Waals surface area contributed by atoms with Crippen LogP contribution in [0.2, 0.25) is 0 Å². The van der Waals surface area contributed by atoms with Gasteiger partial charge >= 0.3 is 7.82 Å². The lowest BCUT2D eigenvalue weighted by Gasteiger charge is -2.18. The molecule has 0 aromatic heterocycles. The first kappa shape index (κ1) is 17.0. The minimum Gasteiger partial charge on any atom is -0.395 e. The monoisotopic (exact) mass is 332 g/mol. The van der Waals surface area contributed by atoms with Crippen LogP contribution in [-0.4, -0.2) is 12.4 Å². The molecule has 120 valence electrons. The van der Waals surface area contributed by atoms with E-state index in [1.807, 2.05) is 0 Å². The van der Waals surface area contributed by atoms with Crippen LogP contribution in [0.1, 0.15) is 6.42 Å². The zero-order valence-corrected chi connectivity index (χ0v) is 13.4. The normalized spacial score (nSPS) is 10.8. The Labute approximate surface area is 135 Å². The van der Waals surface area contributed by atoms with E-state index in [0.29, 0.717) is 11.5 Å². The summed E-state index contributed by atoms with van der Waals surface area (Å²) in [5, 5.41) is 0. The predicted molar refractivity (Wildman–Crippen MR) is 87.5 cm³/mol. The van der Waals surface area contributed by atoms with Crippen LogP contribution >= 0.6 is 7.82 Å². The molecule has 6 heteroatoms. The lowest BCUT2D eigenvalue weighted by atomic mass is 10.3. The summed E-state index contributed by atoms with van der Waals surface area (Å²) in [6.45, 7) is 3.28. The molecule has 0 radical (unpaired) electrons. The number of carbonyl (C=O) groups excluding carboxylic acids is 1. The number of rotatable bonds is 9. The maximum atomic E-state index is 12.8. The lowest BCUT2D eigenvalue weighted by Crippen LogP contribution is -2.08. The third kappa shape index (κ3) is 5.74. The summed E-state index contributed by atoms with van der Waals surface area (Å²) in [5.74, 6) is 0.486. The van der Waals surface area contributed by atoms with Gasteiger partial charge in [-0.05, 0) is 30.3 Å². The molecule has 0 N–H and O–H groups in total. The number of hydrogen-bond donors (Lipinski definition) is 0. The first-order valence-electron chi connectivity index (χ1n) is 7.00. The molecule has 0 bridgehead atoms. The van der Waals surface area contributed by atoms with E-state index < -0.39 is 7.82 Å². The Kier molecular flexibility index (Phi) is 6.15. The number of allylic oxidation sites excluding steroid dienone is 1. The van der Waals surface area contributed by atoms with Gasteiger partial charge < -0.3 is 9.05 Å². The summed E-state index contributed by atoms with van der Waals surface area (Å²) in [5.41, 5.74) is 0. The number of hydrogen-bond acceptors (Lipinski definition) is 5. The summed E-state index contributed by atoms with van der Waals surface area (Å²) in [7, 11) is -3.92. The smallest absolute Gasteiger partial charge is 0.395 e. The predicted octanol–water partition coefficient (Wildman–Crippen LogP) is 4.41. The van der Waals surface area contributed by atoms with E-state index in [4.69, 9.17) is 13.6 Å². The van der Waals surface area contributed by atoms with Gasteiger partial charge in [0.2, 0.25) is 0 Å². The molecule has 0 aliphatic heterocycles. The van der Waals surface area contributed by atoms with Crippen molar-refractivity contribution in [2.75, 3.05) is 6.61 Å². The fourth-order valence-electron chi connectivity index (χ4n) is 1.65. The van der Waals surface area contributed by atoms with Crippen LogP contribution < -0.4 is 9.05 Å². The molecule has 0 aliphatic rings. The van der Waals surface area contributed by atoms with Gasteiger partial charge in [0, 0.05) is 6.42 Å². The van der Waals surface area contributed by atoms with E-state index in [9.17, 15) is 9.36 Å². The molecule has 0 aliphatic carbocycles. The number of carbonyl (C=O) groups is 1. The van der Waals surface area contributed by atoms with Crippen molar-refractivity contribution < 1.29 is 22.9 Å². The van der Waals surface area contributed by atoms with Crippen molar-refractivity contribution in [1.82, 2.24) is 0 Å². The summed E-state index contributed by atoms with van der Waals surface area (Å²) < 4.78 is 28.9. The van der Waals surface area contributed by atoms with Crippen molar-refractivity contribution in [1.29, 1.82) is 0 Å². The minimum absolute atomic E-state index is 0.0454. The Bertz CT molecular complexity index is 639. The highest BCUT2D eigenvalue weighted by Crippen LogP contribution is 2.49. The van der Waals surface area contributed by atoms with Crippen molar-refractivity contribution in [3.63, 3.8) is 0 Å². The second-order valence-corrected chi connectivity index (χ2v) is 6.03. The van der Waals surface area contributed by atoms with E-state index in [0.717, 1.165) is 0 Å². The maximum absolute atomic E-state index is 12.8. The third-order valence-corrected chi connectivity index (χ3v) is 4.11. The third-order valence-electron chi connectivity index (χ3n) is 2.75. The van der Waals surface area contributed by atoms with Crippen molar-refractivity contribution in [3.8, 4) is 11.5 Å². The molecule has 23 heavy (non-hydrogen) atoms. The largest absolute Gasteiger partial charge is 0.587 e. The molecule has 0 atom stereocenters. The van der Waals surface area contributed by atoms with Gasteiger partial charge in [-0.25, -0.2) is 4.57 Å². The van der Waals surface area contributed by atoms with Crippen molar-refractivity contribution in [2.45, 2.75) is 6.42 Å². The second kappa shape index (κ2) is 8.32. The standard InChI is InChI=1S/C17H17O5P/c1-2-15(18)13-14-20-23(19,21-16-9-5-3-6-10-16)22-17-11-7-4-8-12-17/h2-12H,1,13-14H2. The van der Waals surface area contributed by atoms with Gasteiger partial charge in [-0.3, -0.25) is 9.32 Å². The first-order chi connectivity index (χ1) is 11.1. The second-order valence-electron chi connectivity index (χ2n) is 4.51. The molecule has 0 saturated heterocycles. The summed E-state index contributed by atoms with van der Waals surface area (Å²) >= 11 is 0. The van der Waals surface area contributed by atoms with E-state index in [1.54, 1.807) is 60.7 Å². The number of para-hydroxylation sites is 2. The average molecular weight is 332 g/mol. The fourth-order valence-corrected chi connectivity index (χ4v) is 2.87. The number of phosphoric acid groups is 1. The zero-order chi connectivity index (χ0) is 16.5. The molecule has 0 amide bonds. The molecule has 2 rings (SSSR count). The Morgan fingerprint density at radius 3 is 1.87 bits per heavy atom. The number of phosphoric ester groups is 1. The highest BCUT2D eigenvalue weighted by Gasteiger charge is 2.30. The van der Waals surface area contributed by atoms with E-state index in [-0.39, 0.29) is 18.8 Å². The van der Waals surface area contributed by atoms with Crippen LogP contribution in [0.5, 0.6) is 11.5 Å². The van der Waals surface area contributed by atoms with Gasteiger partial charge in [-0.1, -0.05) is 43.0 Å². The maximum Gasteiger partial charge on any atom is 0.587 e. The molecular formula is C17H17O5P. The molecule has 0 unspecified atom stereocenters. The average Bonchev–Trinajstić information content (AvgIpc) is 2.56. The van der Waals surface area contributed by atoms with Crippen molar-refractivity contribution >= 4 is 13.6 Å². The van der Waals surface area contributed by atoms with Crippen LogP contribution in [0.3, 0.4) is 0 Å². The molecule has 0 spiro atoms. The van der Waals surface area contributed by atoms with Gasteiger partial charge in [-0.2, -0.15) is 0 Å². The summed E-state index contributed by atoms with van der Waals surface area (Å²) in [6, 6.07) is 17.1. The van der Waals surface area contributed by atoms with E-state index >= 15 is 0 Å². The summed E-state index contributed by atoms with van der Waals surface area (Å²) in [4.78, 5) is 11.2. The van der Waals surface area contributed by atoms with Gasteiger partial charge in [0.15, 0.2) is 5.78 Å². The minimum atomic E-state index is -3.92. The SMILES string of the molecule is C=CC(=O)CCOP(=O)(Oc1ccccc1)Oc1ccccc1. The highest BCUT2D eigenvalue weighted by atomic mass is 31.2. The molecule has 5 nitrogen and oxygen atoms in total. The lowest BCUT2D eigenvalue weighted by molar-refractivity contribution is -0.115. The Hall–Kier alpha value is -2.36. The Morgan fingerprint density at radius 1 is 0.957 bits per heavy atom. The van der Waals surface area contributed by atoms with Gasteiger partial charge in [-0.15, -0.1) is 0 Å². The molecule has 0 heterocycles. The Balaban J connectivity index is 2.10. The summed E-state index contributed by atoms with van der Waals surface area (Å²) in [6.07, 6.45) is 1.23. The molecule has 2 aromatic carbocycles. The van der Waals surface area contributed by atoms with Crippen LogP contribution in [0.15, 0.2) is 73.3 Å². The first-order valence-corrected chi connectivity index (χ1v) is 8.46. The van der Waals surface area contributed by atoms with Gasteiger partial charge in [0.05, 0.1) is 6.61 Å². The van der Waals surface area contributed by atoms with Crippen molar-refractivity contribution in [3.05, 3.63) is 73.3 Å². The number of benzene rings is 2. The zero-order valence-electron chi connectivity index (χ0n) is 12.5. The quantitative estimate of drug-likeness (QED) is 0.503. The highest BCUT2D eigenvalue weighted by molar-refractivity contribution is 7.49. The molecule has 0 fully saturated rings. The molecule has 0 saturated carbocycles. The number of ketones is 1. The molecular weight excluding hydrogens is 315 g/mol. The van der Waals surface area contributed by atoms with Crippen molar-refractivity contribution in [2.24, 2.45) is 0 Å². The molecule has 2 aromatic rings. The van der Waals surface area contributed by atoms with E-state index in [1.165, 1.54) is 6.08 Å². The van der Waals surface area contributed by atoms with Crippen LogP contribution in [0.25, 0.3) is 0 Å². The van der Waals surface area contributed by atoms with Gasteiger partial charge in [0.25, 0.3) is 0 Å². The fraction of sp³-hybridized carbons (Fsp3) is 0.118.